The van der Waals surface area contributed by atoms with Crippen LogP contribution in [0.1, 0.15) is 0 Å². The van der Waals surface area contributed by atoms with E-state index in [1.165, 1.54) is 18.2 Å². The first-order chi connectivity index (χ1) is 6.39. The molecule has 0 spiro atoms. The molecule has 0 aromatic heterocycles. The molecule has 0 bridgehead atoms. The zero-order valence-corrected chi connectivity index (χ0v) is 9.56. The number of halogens is 1. The molecule has 0 aliphatic rings. The molecule has 0 saturated carbocycles. The monoisotopic (exact) mass is 250 g/mol. The Labute approximate surface area is 94.0 Å². The number of urea groups is 1. The van der Waals surface area contributed by atoms with Crippen LogP contribution in [-0.4, -0.2) is 20.7 Å². The van der Waals surface area contributed by atoms with Crippen molar-refractivity contribution in [3.05, 3.63) is 24.3 Å². The van der Waals surface area contributed by atoms with Gasteiger partial charge >= 0.3 is 6.03 Å². The highest BCUT2D eigenvalue weighted by atomic mass is 35.5. The Hall–Kier alpha value is -1.27. The second kappa shape index (κ2) is 4.99. The lowest BCUT2D eigenvalue weighted by atomic mass is 10.3. The van der Waals surface area contributed by atoms with Crippen LogP contribution in [0.25, 0.3) is 0 Å². The van der Waals surface area contributed by atoms with Gasteiger partial charge in [0.15, 0.2) is 9.84 Å². The van der Waals surface area contributed by atoms with Crippen LogP contribution in [0.15, 0.2) is 29.2 Å². The molecule has 1 rings (SSSR count). The Morgan fingerprint density at radius 1 is 1.40 bits per heavy atom. The van der Waals surface area contributed by atoms with Crippen molar-refractivity contribution in [3.63, 3.8) is 0 Å². The van der Waals surface area contributed by atoms with Crippen molar-refractivity contribution in [1.82, 2.24) is 0 Å². The fraction of sp³-hybridized carbons (Fsp3) is 0.125. The van der Waals surface area contributed by atoms with Gasteiger partial charge in [-0.3, -0.25) is 0 Å². The van der Waals surface area contributed by atoms with E-state index < -0.39 is 15.9 Å². The average molecular weight is 251 g/mol. The molecule has 1 aromatic carbocycles. The van der Waals surface area contributed by atoms with Crippen LogP contribution in [0.4, 0.5) is 10.5 Å². The molecule has 15 heavy (non-hydrogen) atoms. The number of sulfone groups is 1. The van der Waals surface area contributed by atoms with E-state index in [4.69, 9.17) is 5.73 Å². The second-order valence-corrected chi connectivity index (χ2v) is 4.80. The Morgan fingerprint density at radius 3 is 2.47 bits per heavy atom. The van der Waals surface area contributed by atoms with E-state index in [-0.39, 0.29) is 17.3 Å². The zero-order chi connectivity index (χ0) is 10.8. The smallest absolute Gasteiger partial charge is 0.316 e. The predicted molar refractivity (Wildman–Crippen MR) is 60.0 cm³/mol. The van der Waals surface area contributed by atoms with Gasteiger partial charge in [0, 0.05) is 11.9 Å². The summed E-state index contributed by atoms with van der Waals surface area (Å²) in [6, 6.07) is 5.15. The van der Waals surface area contributed by atoms with Crippen LogP contribution in [0, 0.1) is 0 Å². The zero-order valence-electron chi connectivity index (χ0n) is 7.93. The maximum atomic E-state index is 11.1. The molecular formula is C8H11ClN2O3S. The molecule has 5 nitrogen and oxygen atoms in total. The van der Waals surface area contributed by atoms with Gasteiger partial charge in [-0.1, -0.05) is 6.07 Å². The first kappa shape index (κ1) is 13.7. The van der Waals surface area contributed by atoms with E-state index >= 15 is 0 Å². The summed E-state index contributed by atoms with van der Waals surface area (Å²) in [5, 5.41) is 2.29. The summed E-state index contributed by atoms with van der Waals surface area (Å²) < 4.78 is 22.3. The standard InChI is InChI=1S/C8H10N2O3S.ClH/c1-14(12,13)7-4-2-3-6(5-7)10-8(9)11;/h2-5H,1H3,(H3,9,10,11);1H. The number of carbonyl (C=O) groups excluding carboxylic acids is 1. The summed E-state index contributed by atoms with van der Waals surface area (Å²) in [5.74, 6) is 0. The van der Waals surface area contributed by atoms with Crippen LogP contribution >= 0.6 is 12.4 Å². The van der Waals surface area contributed by atoms with E-state index in [1.54, 1.807) is 6.07 Å². The molecule has 7 heteroatoms. The fourth-order valence-electron chi connectivity index (χ4n) is 0.947. The predicted octanol–water partition coefficient (Wildman–Crippen LogP) is 1.00. The molecule has 2 amide bonds. The van der Waals surface area contributed by atoms with Crippen molar-refractivity contribution in [1.29, 1.82) is 0 Å². The van der Waals surface area contributed by atoms with Crippen LogP contribution < -0.4 is 11.1 Å². The minimum Gasteiger partial charge on any atom is -0.351 e. The third-order valence-corrected chi connectivity index (χ3v) is 2.64. The molecule has 0 aliphatic carbocycles. The number of primary amides is 1. The van der Waals surface area contributed by atoms with E-state index in [0.29, 0.717) is 5.69 Å². The van der Waals surface area contributed by atoms with Crippen LogP contribution in [0.3, 0.4) is 0 Å². The van der Waals surface area contributed by atoms with Crippen molar-refractivity contribution in [2.24, 2.45) is 5.73 Å². The van der Waals surface area contributed by atoms with Gasteiger partial charge in [0.1, 0.15) is 0 Å². The number of rotatable bonds is 2. The summed E-state index contributed by atoms with van der Waals surface area (Å²) in [6.45, 7) is 0. The minimum atomic E-state index is -3.25. The molecule has 0 aliphatic heterocycles. The van der Waals surface area contributed by atoms with Gasteiger partial charge < -0.3 is 11.1 Å². The Bertz CT molecular complexity index is 459. The van der Waals surface area contributed by atoms with E-state index in [9.17, 15) is 13.2 Å². The van der Waals surface area contributed by atoms with Gasteiger partial charge in [-0.15, -0.1) is 12.4 Å². The molecule has 0 heterocycles. The first-order valence-corrected chi connectivity index (χ1v) is 5.65. The lowest BCUT2D eigenvalue weighted by Gasteiger charge is -2.03. The van der Waals surface area contributed by atoms with Gasteiger partial charge in [-0.05, 0) is 18.2 Å². The lowest BCUT2D eigenvalue weighted by molar-refractivity contribution is 0.259. The van der Waals surface area contributed by atoms with Gasteiger partial charge in [-0.25, -0.2) is 13.2 Å². The highest BCUT2D eigenvalue weighted by Gasteiger charge is 2.07. The molecule has 3 N–H and O–H groups in total. The van der Waals surface area contributed by atoms with E-state index in [0.717, 1.165) is 6.26 Å². The molecule has 0 atom stereocenters. The summed E-state index contributed by atoms with van der Waals surface area (Å²) in [4.78, 5) is 10.6. The van der Waals surface area contributed by atoms with Crippen LogP contribution in [0.2, 0.25) is 0 Å². The van der Waals surface area contributed by atoms with Gasteiger partial charge in [0.05, 0.1) is 4.90 Å². The van der Waals surface area contributed by atoms with Crippen LogP contribution in [0.5, 0.6) is 0 Å². The highest BCUT2D eigenvalue weighted by molar-refractivity contribution is 7.90. The topological polar surface area (TPSA) is 89.3 Å². The highest BCUT2D eigenvalue weighted by Crippen LogP contribution is 2.14. The molecule has 0 unspecified atom stereocenters. The number of benzene rings is 1. The summed E-state index contributed by atoms with van der Waals surface area (Å²) in [7, 11) is -3.25. The summed E-state index contributed by atoms with van der Waals surface area (Å²) in [5.41, 5.74) is 5.25. The Morgan fingerprint density at radius 2 is 2.00 bits per heavy atom. The SMILES string of the molecule is CS(=O)(=O)c1cccc(NC(N)=O)c1.Cl. The number of hydrogen-bond acceptors (Lipinski definition) is 3. The molecule has 84 valence electrons. The molecule has 1 aromatic rings. The third kappa shape index (κ3) is 4.18. The van der Waals surface area contributed by atoms with Gasteiger partial charge in [0.25, 0.3) is 0 Å². The molecular weight excluding hydrogens is 240 g/mol. The Balaban J connectivity index is 0.00000196. The number of anilines is 1. The quantitative estimate of drug-likeness (QED) is 0.821. The molecule has 0 fully saturated rings. The summed E-state index contributed by atoms with van der Waals surface area (Å²) in [6.07, 6.45) is 1.09. The van der Waals surface area contributed by atoms with Gasteiger partial charge in [0.2, 0.25) is 0 Å². The molecule has 0 saturated heterocycles. The van der Waals surface area contributed by atoms with Crippen molar-refractivity contribution < 1.29 is 13.2 Å². The maximum absolute atomic E-state index is 11.1. The van der Waals surface area contributed by atoms with Crippen molar-refractivity contribution >= 4 is 34.0 Å². The Kier molecular flexibility index (Phi) is 4.57. The van der Waals surface area contributed by atoms with Crippen LogP contribution in [-0.2, 0) is 9.84 Å². The average Bonchev–Trinajstić information content (AvgIpc) is 2.01. The van der Waals surface area contributed by atoms with Crippen molar-refractivity contribution in [3.8, 4) is 0 Å². The lowest BCUT2D eigenvalue weighted by Crippen LogP contribution is -2.19. The van der Waals surface area contributed by atoms with E-state index in [2.05, 4.69) is 5.32 Å². The normalized spacial score (nSPS) is 10.2. The number of hydrogen-bond donors (Lipinski definition) is 2. The largest absolute Gasteiger partial charge is 0.351 e. The minimum absolute atomic E-state index is 0. The maximum Gasteiger partial charge on any atom is 0.316 e. The van der Waals surface area contributed by atoms with Crippen molar-refractivity contribution in [2.45, 2.75) is 4.90 Å². The van der Waals surface area contributed by atoms with E-state index in [1.807, 2.05) is 0 Å². The summed E-state index contributed by atoms with van der Waals surface area (Å²) >= 11 is 0. The number of nitrogens with two attached hydrogens (primary N) is 1. The number of carbonyl (C=O) groups is 1. The number of amides is 2. The van der Waals surface area contributed by atoms with Gasteiger partial charge in [-0.2, -0.15) is 0 Å². The first-order valence-electron chi connectivity index (χ1n) is 3.76. The molecule has 0 radical (unpaired) electrons. The van der Waals surface area contributed by atoms with Crippen molar-refractivity contribution in [2.75, 3.05) is 11.6 Å². The second-order valence-electron chi connectivity index (χ2n) is 2.79. The number of nitrogens with one attached hydrogen (secondary N) is 1. The fourth-order valence-corrected chi connectivity index (χ4v) is 1.61. The third-order valence-electron chi connectivity index (χ3n) is 1.53.